The maximum Gasteiger partial charge on any atom is 0.182 e. The standard InChI is InChI=1S/C23H32N2O3/c1-5-15-13-25-11-10-17-16-8-6-7-9-20(16)24-22(17)21(25)12-18(15)19(14-26-2)23(27-3)28-4/h6-9,14-15,18,21,23-24H,5,10-13H2,1-4H3/t15-,18-,21-/m0/s1. The number of nitrogens with one attached hydrogen (secondary N) is 1. The molecule has 1 N–H and O–H groups in total. The molecule has 0 radical (unpaired) electrons. The van der Waals surface area contributed by atoms with Gasteiger partial charge in [-0.3, -0.25) is 4.90 Å². The summed E-state index contributed by atoms with van der Waals surface area (Å²) < 4.78 is 16.7. The molecule has 5 heteroatoms. The van der Waals surface area contributed by atoms with E-state index in [1.807, 2.05) is 6.26 Å². The number of hydrogen-bond acceptors (Lipinski definition) is 4. The Bertz CT molecular complexity index is 839. The molecule has 152 valence electrons. The molecule has 1 fully saturated rings. The van der Waals surface area contributed by atoms with Crippen molar-refractivity contribution < 1.29 is 14.2 Å². The van der Waals surface area contributed by atoms with Crippen LogP contribution in [0.3, 0.4) is 0 Å². The monoisotopic (exact) mass is 384 g/mol. The molecular formula is C23H32N2O3. The average Bonchev–Trinajstić information content (AvgIpc) is 3.12. The second-order valence-electron chi connectivity index (χ2n) is 7.99. The minimum atomic E-state index is -0.365. The van der Waals surface area contributed by atoms with Crippen LogP contribution in [0.4, 0.5) is 0 Å². The van der Waals surface area contributed by atoms with Gasteiger partial charge in [0, 0.05) is 49.5 Å². The van der Waals surface area contributed by atoms with Gasteiger partial charge in [-0.1, -0.05) is 31.5 Å². The highest BCUT2D eigenvalue weighted by Gasteiger charge is 2.42. The minimum absolute atomic E-state index is 0.365. The van der Waals surface area contributed by atoms with Gasteiger partial charge in [0.15, 0.2) is 6.29 Å². The summed E-state index contributed by atoms with van der Waals surface area (Å²) in [5, 5.41) is 1.38. The Kier molecular flexibility index (Phi) is 5.76. The molecule has 3 heterocycles. The van der Waals surface area contributed by atoms with Crippen LogP contribution in [0.1, 0.15) is 37.1 Å². The van der Waals surface area contributed by atoms with Crippen molar-refractivity contribution in [2.24, 2.45) is 11.8 Å². The third kappa shape index (κ3) is 3.25. The van der Waals surface area contributed by atoms with Crippen LogP contribution < -0.4 is 0 Å². The van der Waals surface area contributed by atoms with Crippen molar-refractivity contribution in [3.05, 3.63) is 47.4 Å². The summed E-state index contributed by atoms with van der Waals surface area (Å²) in [5.74, 6) is 0.935. The molecule has 0 unspecified atom stereocenters. The molecule has 0 bridgehead atoms. The van der Waals surface area contributed by atoms with Crippen LogP contribution >= 0.6 is 0 Å². The lowest BCUT2D eigenvalue weighted by atomic mass is 9.74. The number of methoxy groups -OCH3 is 3. The largest absolute Gasteiger partial charge is 0.504 e. The van der Waals surface area contributed by atoms with Crippen LogP contribution in [0.2, 0.25) is 0 Å². The minimum Gasteiger partial charge on any atom is -0.504 e. The normalized spacial score (nSPS) is 25.8. The number of piperidine rings is 1. The molecule has 3 atom stereocenters. The van der Waals surface area contributed by atoms with Crippen LogP contribution in [0.5, 0.6) is 0 Å². The molecule has 2 aliphatic heterocycles. The van der Waals surface area contributed by atoms with Gasteiger partial charge < -0.3 is 19.2 Å². The number of aromatic nitrogens is 1. The molecule has 0 spiro atoms. The number of benzene rings is 1. The first-order chi connectivity index (χ1) is 13.7. The van der Waals surface area contributed by atoms with Crippen LogP contribution in [0.15, 0.2) is 36.1 Å². The number of rotatable bonds is 6. The number of H-pyrrole nitrogens is 1. The van der Waals surface area contributed by atoms with Crippen LogP contribution in [-0.2, 0) is 20.6 Å². The molecule has 1 aromatic heterocycles. The van der Waals surface area contributed by atoms with Gasteiger partial charge in [0.1, 0.15) is 0 Å². The lowest BCUT2D eigenvalue weighted by Gasteiger charge is -2.47. The predicted molar refractivity (Wildman–Crippen MR) is 111 cm³/mol. The van der Waals surface area contributed by atoms with E-state index in [9.17, 15) is 0 Å². The molecule has 2 aromatic rings. The Labute approximate surface area is 167 Å². The van der Waals surface area contributed by atoms with Crippen LogP contribution in [-0.4, -0.2) is 50.6 Å². The van der Waals surface area contributed by atoms with E-state index >= 15 is 0 Å². The summed E-state index contributed by atoms with van der Waals surface area (Å²) in [5.41, 5.74) is 5.26. The van der Waals surface area contributed by atoms with Crippen LogP contribution in [0, 0.1) is 11.8 Å². The molecule has 4 rings (SSSR count). The zero-order valence-electron chi connectivity index (χ0n) is 17.4. The van der Waals surface area contributed by atoms with E-state index in [0.717, 1.165) is 37.9 Å². The smallest absolute Gasteiger partial charge is 0.182 e. The topological polar surface area (TPSA) is 46.7 Å². The molecule has 1 aromatic carbocycles. The van der Waals surface area contributed by atoms with E-state index in [2.05, 4.69) is 41.1 Å². The molecule has 0 saturated carbocycles. The van der Waals surface area contributed by atoms with E-state index in [1.165, 1.54) is 22.2 Å². The van der Waals surface area contributed by atoms with Crippen molar-refractivity contribution in [1.29, 1.82) is 0 Å². The van der Waals surface area contributed by atoms with Crippen molar-refractivity contribution in [2.45, 2.75) is 38.5 Å². The highest BCUT2D eigenvalue weighted by Crippen LogP contribution is 2.46. The Morgan fingerprint density at radius 3 is 2.75 bits per heavy atom. The van der Waals surface area contributed by atoms with Gasteiger partial charge in [-0.2, -0.15) is 0 Å². The quantitative estimate of drug-likeness (QED) is 0.597. The number of hydrogen-bond donors (Lipinski definition) is 1. The van der Waals surface area contributed by atoms with E-state index in [1.54, 1.807) is 21.3 Å². The van der Waals surface area contributed by atoms with Crippen molar-refractivity contribution in [3.63, 3.8) is 0 Å². The van der Waals surface area contributed by atoms with Gasteiger partial charge in [0.25, 0.3) is 0 Å². The molecule has 0 aliphatic carbocycles. The van der Waals surface area contributed by atoms with Crippen molar-refractivity contribution in [2.75, 3.05) is 34.4 Å². The van der Waals surface area contributed by atoms with E-state index in [-0.39, 0.29) is 6.29 Å². The third-order valence-electron chi connectivity index (χ3n) is 6.69. The van der Waals surface area contributed by atoms with Gasteiger partial charge in [-0.05, 0) is 36.3 Å². The van der Waals surface area contributed by atoms with E-state index in [0.29, 0.717) is 17.9 Å². The lowest BCUT2D eigenvalue weighted by molar-refractivity contribution is -0.0890. The van der Waals surface area contributed by atoms with Gasteiger partial charge in [-0.15, -0.1) is 0 Å². The fourth-order valence-electron chi connectivity index (χ4n) is 5.36. The molecule has 2 aliphatic rings. The Hall–Kier alpha value is -1.82. The van der Waals surface area contributed by atoms with E-state index in [4.69, 9.17) is 14.2 Å². The van der Waals surface area contributed by atoms with Gasteiger partial charge >= 0.3 is 0 Å². The third-order valence-corrected chi connectivity index (χ3v) is 6.69. The fraction of sp³-hybridized carbons (Fsp3) is 0.565. The Balaban J connectivity index is 1.71. The summed E-state index contributed by atoms with van der Waals surface area (Å²) in [6, 6.07) is 9.09. The summed E-state index contributed by atoms with van der Waals surface area (Å²) in [4.78, 5) is 6.41. The van der Waals surface area contributed by atoms with Crippen molar-refractivity contribution in [1.82, 2.24) is 9.88 Å². The van der Waals surface area contributed by atoms with E-state index < -0.39 is 0 Å². The number of para-hydroxylation sites is 1. The molecule has 1 saturated heterocycles. The molecule has 5 nitrogen and oxygen atoms in total. The van der Waals surface area contributed by atoms with Gasteiger partial charge in [-0.25, -0.2) is 0 Å². The lowest BCUT2D eigenvalue weighted by Crippen LogP contribution is -2.47. The summed E-state index contributed by atoms with van der Waals surface area (Å²) in [7, 11) is 5.10. The zero-order valence-corrected chi connectivity index (χ0v) is 17.4. The molecule has 0 amide bonds. The Morgan fingerprint density at radius 1 is 1.25 bits per heavy atom. The predicted octanol–water partition coefficient (Wildman–Crippen LogP) is 4.26. The molecular weight excluding hydrogens is 352 g/mol. The SMILES string of the molecule is CC[C@H]1CN2CCc3c([nH]c4ccccc34)[C@@H]2C[C@@H]1C(=COC)C(OC)OC. The summed E-state index contributed by atoms with van der Waals surface area (Å²) in [6.45, 7) is 4.52. The summed E-state index contributed by atoms with van der Waals surface area (Å²) >= 11 is 0. The first kappa shape index (κ1) is 19.5. The van der Waals surface area contributed by atoms with Crippen LogP contribution in [0.25, 0.3) is 10.9 Å². The first-order valence-corrected chi connectivity index (χ1v) is 10.3. The second kappa shape index (κ2) is 8.27. The van der Waals surface area contributed by atoms with Gasteiger partial charge in [0.05, 0.1) is 19.4 Å². The maximum absolute atomic E-state index is 5.62. The molecule has 28 heavy (non-hydrogen) atoms. The Morgan fingerprint density at radius 2 is 2.04 bits per heavy atom. The maximum atomic E-state index is 5.62. The van der Waals surface area contributed by atoms with Crippen molar-refractivity contribution >= 4 is 10.9 Å². The highest BCUT2D eigenvalue weighted by molar-refractivity contribution is 5.85. The number of fused-ring (bicyclic) bond motifs is 5. The summed E-state index contributed by atoms with van der Waals surface area (Å²) in [6.07, 6.45) is 4.79. The highest BCUT2D eigenvalue weighted by atomic mass is 16.7. The second-order valence-corrected chi connectivity index (χ2v) is 7.99. The first-order valence-electron chi connectivity index (χ1n) is 10.3. The number of ether oxygens (including phenoxy) is 3. The number of nitrogens with zero attached hydrogens (tertiary/aromatic N) is 1. The van der Waals surface area contributed by atoms with Crippen molar-refractivity contribution in [3.8, 4) is 0 Å². The zero-order chi connectivity index (χ0) is 19.7. The average molecular weight is 385 g/mol. The fourth-order valence-corrected chi connectivity index (χ4v) is 5.36. The number of aromatic amines is 1. The van der Waals surface area contributed by atoms with Gasteiger partial charge in [0.2, 0.25) is 0 Å².